The van der Waals surface area contributed by atoms with E-state index < -0.39 is 0 Å². The van der Waals surface area contributed by atoms with Crippen molar-refractivity contribution in [3.63, 3.8) is 0 Å². The van der Waals surface area contributed by atoms with E-state index in [0.717, 1.165) is 6.54 Å². The molecule has 0 saturated heterocycles. The smallest absolute Gasteiger partial charge is 0.126 e. The van der Waals surface area contributed by atoms with Crippen molar-refractivity contribution in [2.24, 2.45) is 5.73 Å². The van der Waals surface area contributed by atoms with E-state index in [-0.39, 0.29) is 11.4 Å². The quantitative estimate of drug-likeness (QED) is 0.796. The van der Waals surface area contributed by atoms with Gasteiger partial charge in [-0.2, -0.15) is 0 Å². The monoisotopic (exact) mass is 282 g/mol. The maximum absolute atomic E-state index is 13.9. The van der Waals surface area contributed by atoms with Crippen molar-refractivity contribution in [1.29, 1.82) is 0 Å². The Balaban J connectivity index is 2.96. The van der Waals surface area contributed by atoms with Crippen LogP contribution in [0, 0.1) is 5.82 Å². The maximum atomic E-state index is 13.9. The SMILES string of the molecule is COCCN(C(C)C)C(C)(CN)Cc1ccccc1F. The predicted octanol–water partition coefficient (Wildman–Crippen LogP) is 2.44. The lowest BCUT2D eigenvalue weighted by atomic mass is 9.89. The number of nitrogens with zero attached hydrogens (tertiary/aromatic N) is 1. The molecular formula is C16H27FN2O. The summed E-state index contributed by atoms with van der Waals surface area (Å²) in [5, 5.41) is 0. The van der Waals surface area contributed by atoms with E-state index in [2.05, 4.69) is 25.7 Å². The molecule has 1 atom stereocenters. The lowest BCUT2D eigenvalue weighted by molar-refractivity contribution is 0.0445. The van der Waals surface area contributed by atoms with Crippen LogP contribution in [0.3, 0.4) is 0 Å². The van der Waals surface area contributed by atoms with E-state index in [1.807, 2.05) is 12.1 Å². The number of benzene rings is 1. The Labute approximate surface area is 121 Å². The molecule has 1 aromatic rings. The van der Waals surface area contributed by atoms with Crippen LogP contribution in [-0.4, -0.2) is 43.3 Å². The van der Waals surface area contributed by atoms with Gasteiger partial charge in [0.25, 0.3) is 0 Å². The highest BCUT2D eigenvalue weighted by atomic mass is 19.1. The van der Waals surface area contributed by atoms with Crippen molar-refractivity contribution >= 4 is 0 Å². The molecule has 0 spiro atoms. The fourth-order valence-corrected chi connectivity index (χ4v) is 2.68. The first-order valence-corrected chi connectivity index (χ1v) is 7.13. The molecule has 0 radical (unpaired) electrons. The summed E-state index contributed by atoms with van der Waals surface area (Å²) in [5.74, 6) is -0.164. The number of ether oxygens (including phenoxy) is 1. The molecule has 0 fully saturated rings. The van der Waals surface area contributed by atoms with Crippen molar-refractivity contribution in [2.45, 2.75) is 38.8 Å². The van der Waals surface area contributed by atoms with Crippen molar-refractivity contribution in [3.05, 3.63) is 35.6 Å². The van der Waals surface area contributed by atoms with Gasteiger partial charge in [-0.05, 0) is 38.8 Å². The third kappa shape index (κ3) is 4.27. The molecule has 0 aromatic heterocycles. The van der Waals surface area contributed by atoms with Crippen molar-refractivity contribution in [2.75, 3.05) is 26.8 Å². The van der Waals surface area contributed by atoms with Gasteiger partial charge in [-0.15, -0.1) is 0 Å². The molecule has 1 unspecified atom stereocenters. The second kappa shape index (κ2) is 7.72. The van der Waals surface area contributed by atoms with Gasteiger partial charge in [-0.3, -0.25) is 4.90 Å². The minimum atomic E-state index is -0.283. The average molecular weight is 282 g/mol. The molecule has 0 amide bonds. The van der Waals surface area contributed by atoms with Crippen LogP contribution in [0.1, 0.15) is 26.3 Å². The molecule has 0 aliphatic rings. The molecule has 4 heteroatoms. The van der Waals surface area contributed by atoms with Crippen LogP contribution in [-0.2, 0) is 11.2 Å². The molecule has 114 valence electrons. The van der Waals surface area contributed by atoms with E-state index >= 15 is 0 Å². The summed E-state index contributed by atoms with van der Waals surface area (Å²) in [6.07, 6.45) is 0.595. The zero-order chi connectivity index (χ0) is 15.2. The van der Waals surface area contributed by atoms with Gasteiger partial charge in [-0.1, -0.05) is 18.2 Å². The summed E-state index contributed by atoms with van der Waals surface area (Å²) < 4.78 is 19.1. The normalized spacial score (nSPS) is 14.8. The first-order chi connectivity index (χ1) is 9.44. The van der Waals surface area contributed by atoms with Crippen LogP contribution >= 0.6 is 0 Å². The molecule has 1 rings (SSSR count). The first kappa shape index (κ1) is 17.1. The first-order valence-electron chi connectivity index (χ1n) is 7.13. The van der Waals surface area contributed by atoms with Crippen molar-refractivity contribution < 1.29 is 9.13 Å². The van der Waals surface area contributed by atoms with E-state index in [1.165, 1.54) is 6.07 Å². The molecule has 0 bridgehead atoms. The number of halogens is 1. The Morgan fingerprint density at radius 3 is 2.50 bits per heavy atom. The van der Waals surface area contributed by atoms with Gasteiger partial charge in [-0.25, -0.2) is 4.39 Å². The molecule has 3 nitrogen and oxygen atoms in total. The molecular weight excluding hydrogens is 255 g/mol. The van der Waals surface area contributed by atoms with Crippen LogP contribution < -0.4 is 5.73 Å². The lowest BCUT2D eigenvalue weighted by Gasteiger charge is -2.43. The summed E-state index contributed by atoms with van der Waals surface area (Å²) in [7, 11) is 1.69. The second-order valence-corrected chi connectivity index (χ2v) is 5.75. The molecule has 0 saturated carbocycles. The molecule has 0 heterocycles. The van der Waals surface area contributed by atoms with E-state index in [4.69, 9.17) is 10.5 Å². The van der Waals surface area contributed by atoms with Crippen LogP contribution in [0.2, 0.25) is 0 Å². The molecule has 1 aromatic carbocycles. The Bertz CT molecular complexity index is 411. The third-order valence-corrected chi connectivity index (χ3v) is 3.82. The lowest BCUT2D eigenvalue weighted by Crippen LogP contribution is -2.57. The fraction of sp³-hybridized carbons (Fsp3) is 0.625. The van der Waals surface area contributed by atoms with Crippen LogP contribution in [0.15, 0.2) is 24.3 Å². The number of hydrogen-bond acceptors (Lipinski definition) is 3. The zero-order valence-corrected chi connectivity index (χ0v) is 13.0. The number of rotatable bonds is 8. The Morgan fingerprint density at radius 1 is 1.35 bits per heavy atom. The van der Waals surface area contributed by atoms with Gasteiger partial charge in [0, 0.05) is 31.8 Å². The summed E-state index contributed by atoms with van der Waals surface area (Å²) in [6, 6.07) is 7.23. The summed E-state index contributed by atoms with van der Waals surface area (Å²) >= 11 is 0. The van der Waals surface area contributed by atoms with Gasteiger partial charge < -0.3 is 10.5 Å². The topological polar surface area (TPSA) is 38.5 Å². The van der Waals surface area contributed by atoms with Gasteiger partial charge in [0.1, 0.15) is 5.82 Å². The van der Waals surface area contributed by atoms with Gasteiger partial charge in [0.15, 0.2) is 0 Å². The van der Waals surface area contributed by atoms with Gasteiger partial charge in [0.05, 0.1) is 6.61 Å². The molecule has 2 N–H and O–H groups in total. The van der Waals surface area contributed by atoms with Crippen molar-refractivity contribution in [3.8, 4) is 0 Å². The standard InChI is InChI=1S/C16H27FN2O/c1-13(2)19(9-10-20-4)16(3,12-18)11-14-7-5-6-8-15(14)17/h5-8,13H,9-12,18H2,1-4H3. The zero-order valence-electron chi connectivity index (χ0n) is 13.0. The minimum Gasteiger partial charge on any atom is -0.383 e. The van der Waals surface area contributed by atoms with Gasteiger partial charge >= 0.3 is 0 Å². The molecule has 0 aliphatic carbocycles. The fourth-order valence-electron chi connectivity index (χ4n) is 2.68. The molecule has 0 aliphatic heterocycles. The van der Waals surface area contributed by atoms with Crippen LogP contribution in [0.5, 0.6) is 0 Å². The highest BCUT2D eigenvalue weighted by molar-refractivity contribution is 5.20. The predicted molar refractivity (Wildman–Crippen MR) is 81.3 cm³/mol. The minimum absolute atomic E-state index is 0.164. The maximum Gasteiger partial charge on any atom is 0.126 e. The van der Waals surface area contributed by atoms with E-state index in [1.54, 1.807) is 13.2 Å². The number of methoxy groups -OCH3 is 1. The van der Waals surface area contributed by atoms with E-state index in [9.17, 15) is 4.39 Å². The number of hydrogen-bond donors (Lipinski definition) is 1. The Morgan fingerprint density at radius 2 is 2.00 bits per heavy atom. The van der Waals surface area contributed by atoms with Gasteiger partial charge in [0.2, 0.25) is 0 Å². The largest absolute Gasteiger partial charge is 0.383 e. The van der Waals surface area contributed by atoms with Crippen LogP contribution in [0.25, 0.3) is 0 Å². The average Bonchev–Trinajstić information content (AvgIpc) is 2.41. The van der Waals surface area contributed by atoms with Crippen molar-refractivity contribution in [1.82, 2.24) is 4.90 Å². The summed E-state index contributed by atoms with van der Waals surface area (Å²) in [5.41, 5.74) is 6.44. The molecule has 20 heavy (non-hydrogen) atoms. The van der Waals surface area contributed by atoms with Crippen LogP contribution in [0.4, 0.5) is 4.39 Å². The number of nitrogens with two attached hydrogens (primary N) is 1. The highest BCUT2D eigenvalue weighted by Crippen LogP contribution is 2.23. The summed E-state index contributed by atoms with van der Waals surface area (Å²) in [4.78, 5) is 2.29. The summed E-state index contributed by atoms with van der Waals surface area (Å²) in [6.45, 7) is 8.26. The Kier molecular flexibility index (Phi) is 6.59. The third-order valence-electron chi connectivity index (χ3n) is 3.82. The Hall–Kier alpha value is -0.970. The second-order valence-electron chi connectivity index (χ2n) is 5.75. The van der Waals surface area contributed by atoms with E-state index in [0.29, 0.717) is 31.2 Å². The highest BCUT2D eigenvalue weighted by Gasteiger charge is 2.33.